The first-order valence-electron chi connectivity index (χ1n) is 19.0. The van der Waals surface area contributed by atoms with E-state index in [0.717, 1.165) is 39.2 Å². The van der Waals surface area contributed by atoms with Crippen molar-refractivity contribution in [1.29, 1.82) is 0 Å². The van der Waals surface area contributed by atoms with Crippen LogP contribution in [0.5, 0.6) is 0 Å². The summed E-state index contributed by atoms with van der Waals surface area (Å²) in [6.07, 6.45) is 0. The van der Waals surface area contributed by atoms with Gasteiger partial charge in [-0.2, -0.15) is 0 Å². The first kappa shape index (κ1) is 32.7. The van der Waals surface area contributed by atoms with E-state index in [-0.39, 0.29) is 5.41 Å². The SMILES string of the molecule is CC1(C)c2ccc(-c3cccc(-c4ccc(-c5cc(-c6ccccc6)nc(-c6cccc(-c7ccccc7)c6)n5)cc4)c3)cc2-c2ccc3ccccc3c21. The molecule has 260 valence electrons. The summed E-state index contributed by atoms with van der Waals surface area (Å²) in [6.45, 7) is 4.73. The maximum atomic E-state index is 5.15. The van der Waals surface area contributed by atoms with Crippen LogP contribution in [-0.2, 0) is 5.41 Å². The number of hydrogen-bond donors (Lipinski definition) is 0. The van der Waals surface area contributed by atoms with Gasteiger partial charge in [-0.3, -0.25) is 0 Å². The third kappa shape index (κ3) is 5.84. The second kappa shape index (κ2) is 13.2. The zero-order valence-electron chi connectivity index (χ0n) is 30.9. The van der Waals surface area contributed by atoms with E-state index < -0.39 is 0 Å². The molecule has 0 spiro atoms. The summed E-state index contributed by atoms with van der Waals surface area (Å²) in [4.78, 5) is 10.2. The Morgan fingerprint density at radius 2 is 0.836 bits per heavy atom. The molecule has 1 aliphatic rings. The Bertz CT molecular complexity index is 2870. The molecule has 8 aromatic carbocycles. The van der Waals surface area contributed by atoms with Crippen molar-refractivity contribution in [2.45, 2.75) is 19.3 Å². The highest BCUT2D eigenvalue weighted by molar-refractivity contribution is 5.98. The minimum atomic E-state index is -0.0633. The van der Waals surface area contributed by atoms with Crippen molar-refractivity contribution in [2.75, 3.05) is 0 Å². The second-order valence-corrected chi connectivity index (χ2v) is 15.0. The smallest absolute Gasteiger partial charge is 0.160 e. The molecular weight excluding hydrogens is 665 g/mol. The molecule has 0 amide bonds. The van der Waals surface area contributed by atoms with E-state index in [2.05, 4.69) is 196 Å². The molecule has 0 unspecified atom stereocenters. The van der Waals surface area contributed by atoms with E-state index in [1.165, 1.54) is 55.3 Å². The molecule has 0 N–H and O–H groups in total. The van der Waals surface area contributed by atoms with Crippen LogP contribution in [0.3, 0.4) is 0 Å². The lowest BCUT2D eigenvalue weighted by molar-refractivity contribution is 0.666. The molecule has 1 aliphatic carbocycles. The molecule has 0 bridgehead atoms. The van der Waals surface area contributed by atoms with Crippen LogP contribution >= 0.6 is 0 Å². The summed E-state index contributed by atoms with van der Waals surface area (Å²) in [5, 5.41) is 2.64. The molecule has 2 nitrogen and oxygen atoms in total. The predicted octanol–water partition coefficient (Wildman–Crippen LogP) is 13.9. The number of benzene rings is 8. The average molecular weight is 703 g/mol. The van der Waals surface area contributed by atoms with Crippen LogP contribution in [0.25, 0.3) is 89.2 Å². The van der Waals surface area contributed by atoms with Gasteiger partial charge < -0.3 is 0 Å². The number of nitrogens with zero attached hydrogens (tertiary/aromatic N) is 2. The number of fused-ring (bicyclic) bond motifs is 5. The van der Waals surface area contributed by atoms with Gasteiger partial charge in [0, 0.05) is 22.1 Å². The molecule has 0 aliphatic heterocycles. The Morgan fingerprint density at radius 3 is 1.55 bits per heavy atom. The highest BCUT2D eigenvalue weighted by Gasteiger charge is 2.36. The molecule has 0 radical (unpaired) electrons. The maximum Gasteiger partial charge on any atom is 0.160 e. The molecule has 1 heterocycles. The molecule has 9 aromatic rings. The molecule has 1 aromatic heterocycles. The lowest BCUT2D eigenvalue weighted by Crippen LogP contribution is -2.15. The van der Waals surface area contributed by atoms with Gasteiger partial charge in [0.15, 0.2) is 5.82 Å². The van der Waals surface area contributed by atoms with Crippen LogP contribution in [-0.4, -0.2) is 9.97 Å². The average Bonchev–Trinajstić information content (AvgIpc) is 3.49. The monoisotopic (exact) mass is 702 g/mol. The van der Waals surface area contributed by atoms with Crippen LogP contribution in [0.15, 0.2) is 194 Å². The van der Waals surface area contributed by atoms with Gasteiger partial charge in [-0.25, -0.2) is 9.97 Å². The standard InChI is InChI=1S/C53H38N2/c1-53(2)48-30-28-43(33-47(48)46-29-27-37-15-9-10-22-45(37)51(46)53)42-20-11-18-40(31-42)36-23-25-39(26-24-36)50-34-49(38-16-7-4-8-17-38)54-52(55-50)44-21-12-19-41(32-44)35-13-5-3-6-14-35/h3-34H,1-2H3. The third-order valence-corrected chi connectivity index (χ3v) is 11.3. The third-order valence-electron chi connectivity index (χ3n) is 11.3. The van der Waals surface area contributed by atoms with E-state index in [9.17, 15) is 0 Å². The van der Waals surface area contributed by atoms with E-state index in [1.807, 2.05) is 12.1 Å². The maximum absolute atomic E-state index is 5.15. The van der Waals surface area contributed by atoms with E-state index in [0.29, 0.717) is 5.82 Å². The van der Waals surface area contributed by atoms with Crippen molar-refractivity contribution in [3.05, 3.63) is 205 Å². The molecule has 10 rings (SSSR count). The lowest BCUT2D eigenvalue weighted by atomic mass is 9.80. The Morgan fingerprint density at radius 1 is 0.345 bits per heavy atom. The van der Waals surface area contributed by atoms with Gasteiger partial charge in [0.25, 0.3) is 0 Å². The number of aromatic nitrogens is 2. The molecule has 0 saturated heterocycles. The number of hydrogen-bond acceptors (Lipinski definition) is 2. The van der Waals surface area contributed by atoms with Crippen molar-refractivity contribution in [2.24, 2.45) is 0 Å². The van der Waals surface area contributed by atoms with E-state index in [4.69, 9.17) is 9.97 Å². The van der Waals surface area contributed by atoms with Crippen LogP contribution < -0.4 is 0 Å². The van der Waals surface area contributed by atoms with Crippen LogP contribution in [0.1, 0.15) is 25.0 Å². The minimum absolute atomic E-state index is 0.0633. The molecule has 2 heteroatoms. The summed E-state index contributed by atoms with van der Waals surface area (Å²) in [5.74, 6) is 0.708. The fourth-order valence-corrected chi connectivity index (χ4v) is 8.46. The van der Waals surface area contributed by atoms with Gasteiger partial charge in [0.1, 0.15) is 0 Å². The molecule has 55 heavy (non-hydrogen) atoms. The fourth-order valence-electron chi connectivity index (χ4n) is 8.46. The van der Waals surface area contributed by atoms with Gasteiger partial charge in [-0.15, -0.1) is 0 Å². The van der Waals surface area contributed by atoms with Crippen molar-refractivity contribution in [3.8, 4) is 78.4 Å². The van der Waals surface area contributed by atoms with Gasteiger partial charge in [0.2, 0.25) is 0 Å². The summed E-state index contributed by atoms with van der Waals surface area (Å²) >= 11 is 0. The highest BCUT2D eigenvalue weighted by atomic mass is 14.9. The molecule has 0 saturated carbocycles. The van der Waals surface area contributed by atoms with Gasteiger partial charge in [-0.05, 0) is 90.7 Å². The van der Waals surface area contributed by atoms with Crippen molar-refractivity contribution < 1.29 is 0 Å². The van der Waals surface area contributed by atoms with Crippen LogP contribution in [0.2, 0.25) is 0 Å². The van der Waals surface area contributed by atoms with Crippen LogP contribution in [0.4, 0.5) is 0 Å². The minimum Gasteiger partial charge on any atom is -0.228 e. The quantitative estimate of drug-likeness (QED) is 0.172. The molecule has 0 atom stereocenters. The zero-order valence-corrected chi connectivity index (χ0v) is 30.9. The van der Waals surface area contributed by atoms with Gasteiger partial charge in [-0.1, -0.05) is 184 Å². The Labute approximate surface area is 322 Å². The van der Waals surface area contributed by atoms with Gasteiger partial charge in [0.05, 0.1) is 11.4 Å². The summed E-state index contributed by atoms with van der Waals surface area (Å²) in [5.41, 5.74) is 17.4. The second-order valence-electron chi connectivity index (χ2n) is 15.0. The summed E-state index contributed by atoms with van der Waals surface area (Å²) in [7, 11) is 0. The summed E-state index contributed by atoms with van der Waals surface area (Å²) in [6, 6.07) is 69.5. The highest BCUT2D eigenvalue weighted by Crippen LogP contribution is 2.52. The normalized spacial score (nSPS) is 12.7. The Kier molecular flexibility index (Phi) is 7.85. The zero-order chi connectivity index (χ0) is 36.9. The first-order valence-corrected chi connectivity index (χ1v) is 19.0. The van der Waals surface area contributed by atoms with E-state index in [1.54, 1.807) is 0 Å². The van der Waals surface area contributed by atoms with Crippen molar-refractivity contribution >= 4 is 10.8 Å². The largest absolute Gasteiger partial charge is 0.228 e. The number of rotatable bonds is 6. The van der Waals surface area contributed by atoms with Crippen molar-refractivity contribution in [1.82, 2.24) is 9.97 Å². The lowest BCUT2D eigenvalue weighted by Gasteiger charge is -2.23. The Hall–Kier alpha value is -6.90. The van der Waals surface area contributed by atoms with E-state index >= 15 is 0 Å². The summed E-state index contributed by atoms with van der Waals surface area (Å²) < 4.78 is 0. The first-order chi connectivity index (χ1) is 27.0. The Balaban J connectivity index is 0.993. The fraction of sp³-hybridized carbons (Fsp3) is 0.0566. The van der Waals surface area contributed by atoms with Crippen molar-refractivity contribution in [3.63, 3.8) is 0 Å². The van der Waals surface area contributed by atoms with Crippen LogP contribution in [0, 0.1) is 0 Å². The van der Waals surface area contributed by atoms with Gasteiger partial charge >= 0.3 is 0 Å². The predicted molar refractivity (Wildman–Crippen MR) is 230 cm³/mol. The molecule has 0 fully saturated rings. The topological polar surface area (TPSA) is 25.8 Å². The molecular formula is C53H38N2.